The number of carbonyl (C=O) groups excluding carboxylic acids is 3. The molecule has 0 N–H and O–H groups in total. The third kappa shape index (κ3) is 3.03. The zero-order chi connectivity index (χ0) is 17.5. The summed E-state index contributed by atoms with van der Waals surface area (Å²) >= 11 is 0. The first-order valence-electron chi connectivity index (χ1n) is 7.53. The number of hydrogen-bond donors (Lipinski definition) is 0. The lowest BCUT2D eigenvalue weighted by atomic mass is 9.95. The average molecular weight is 351 g/mol. The molecule has 24 heavy (non-hydrogen) atoms. The van der Waals surface area contributed by atoms with Crippen LogP contribution in [0.4, 0.5) is 4.79 Å². The molecule has 0 aromatic carbocycles. The van der Waals surface area contributed by atoms with Crippen LogP contribution in [0.2, 0.25) is 0 Å². The van der Waals surface area contributed by atoms with Crippen molar-refractivity contribution in [3.8, 4) is 0 Å². The molecular weight excluding hydrogens is 334 g/mol. The predicted octanol–water partition coefficient (Wildman–Crippen LogP) is -0.223. The Kier molecular flexibility index (Phi) is 4.12. The van der Waals surface area contributed by atoms with Gasteiger partial charge in [-0.05, 0) is 12.5 Å². The van der Waals surface area contributed by atoms with Crippen LogP contribution in [0.25, 0.3) is 0 Å². The van der Waals surface area contributed by atoms with Gasteiger partial charge >= 0.3 is 6.03 Å². The SMILES string of the molecule is CN(C(=O)CN1C(=O)N=C2C=CC=CC2C1=O)C1CCS(=O)(=O)C1. The first kappa shape index (κ1) is 16.6. The molecule has 0 aromatic heterocycles. The van der Waals surface area contributed by atoms with E-state index in [4.69, 9.17) is 0 Å². The summed E-state index contributed by atoms with van der Waals surface area (Å²) in [5, 5.41) is 0. The number of amides is 4. The fourth-order valence-corrected chi connectivity index (χ4v) is 4.73. The average Bonchev–Trinajstić information content (AvgIpc) is 2.90. The summed E-state index contributed by atoms with van der Waals surface area (Å²) in [4.78, 5) is 42.8. The molecular formula is C15H17N3O5S. The van der Waals surface area contributed by atoms with Crippen molar-refractivity contribution in [2.75, 3.05) is 25.1 Å². The molecule has 0 aromatic rings. The third-order valence-electron chi connectivity index (χ3n) is 4.43. The number of sulfone groups is 1. The van der Waals surface area contributed by atoms with Crippen LogP contribution in [-0.4, -0.2) is 72.9 Å². The zero-order valence-electron chi connectivity index (χ0n) is 13.1. The molecule has 2 unspecified atom stereocenters. The molecule has 8 nitrogen and oxygen atoms in total. The van der Waals surface area contributed by atoms with Gasteiger partial charge in [0.1, 0.15) is 6.54 Å². The van der Waals surface area contributed by atoms with Crippen LogP contribution in [0.15, 0.2) is 29.3 Å². The Morgan fingerprint density at radius 3 is 2.79 bits per heavy atom. The summed E-state index contributed by atoms with van der Waals surface area (Å²) in [6, 6.07) is -1.19. The Morgan fingerprint density at radius 1 is 1.38 bits per heavy atom. The van der Waals surface area contributed by atoms with Gasteiger partial charge in [0.15, 0.2) is 9.84 Å². The Labute approximate surface area is 139 Å². The highest BCUT2D eigenvalue weighted by atomic mass is 32.2. The van der Waals surface area contributed by atoms with Gasteiger partial charge in [-0.3, -0.25) is 14.5 Å². The molecule has 128 valence electrons. The van der Waals surface area contributed by atoms with E-state index in [0.717, 1.165) is 4.90 Å². The van der Waals surface area contributed by atoms with Gasteiger partial charge in [0.05, 0.1) is 23.1 Å². The van der Waals surface area contributed by atoms with Crippen LogP contribution >= 0.6 is 0 Å². The van der Waals surface area contributed by atoms with Crippen LogP contribution in [-0.2, 0) is 19.4 Å². The van der Waals surface area contributed by atoms with E-state index in [2.05, 4.69) is 4.99 Å². The molecule has 0 bridgehead atoms. The van der Waals surface area contributed by atoms with Crippen LogP contribution in [0.1, 0.15) is 6.42 Å². The van der Waals surface area contributed by atoms with E-state index in [-0.39, 0.29) is 11.5 Å². The van der Waals surface area contributed by atoms with E-state index in [0.29, 0.717) is 12.1 Å². The fraction of sp³-hybridized carbons (Fsp3) is 0.467. The van der Waals surface area contributed by atoms with Crippen molar-refractivity contribution in [1.82, 2.24) is 9.80 Å². The lowest BCUT2D eigenvalue weighted by Gasteiger charge is -2.30. The van der Waals surface area contributed by atoms with E-state index in [1.54, 1.807) is 24.3 Å². The molecule has 3 rings (SSSR count). The monoisotopic (exact) mass is 351 g/mol. The number of imide groups is 1. The topological polar surface area (TPSA) is 104 Å². The zero-order valence-corrected chi connectivity index (χ0v) is 13.9. The van der Waals surface area contributed by atoms with E-state index >= 15 is 0 Å². The lowest BCUT2D eigenvalue weighted by Crippen LogP contribution is -2.51. The summed E-state index contributed by atoms with van der Waals surface area (Å²) < 4.78 is 23.1. The molecule has 1 saturated heterocycles. The molecule has 2 atom stereocenters. The maximum atomic E-state index is 12.4. The minimum atomic E-state index is -3.12. The van der Waals surface area contributed by atoms with Gasteiger partial charge in [-0.15, -0.1) is 0 Å². The summed E-state index contributed by atoms with van der Waals surface area (Å²) in [6.45, 7) is -0.435. The molecule has 2 heterocycles. The molecule has 0 spiro atoms. The highest BCUT2D eigenvalue weighted by molar-refractivity contribution is 7.91. The first-order valence-corrected chi connectivity index (χ1v) is 9.35. The van der Waals surface area contributed by atoms with Crippen LogP contribution < -0.4 is 0 Å². The summed E-state index contributed by atoms with van der Waals surface area (Å²) in [5.74, 6) is -1.67. The van der Waals surface area contributed by atoms with Crippen LogP contribution in [0, 0.1) is 5.92 Å². The van der Waals surface area contributed by atoms with Gasteiger partial charge < -0.3 is 4.90 Å². The van der Waals surface area contributed by atoms with Crippen molar-refractivity contribution in [3.63, 3.8) is 0 Å². The predicted molar refractivity (Wildman–Crippen MR) is 86.1 cm³/mol. The highest BCUT2D eigenvalue weighted by Crippen LogP contribution is 2.21. The number of urea groups is 1. The number of aliphatic imine (C=N–C) groups is 1. The van der Waals surface area contributed by atoms with Gasteiger partial charge in [0.2, 0.25) is 11.8 Å². The van der Waals surface area contributed by atoms with Gasteiger partial charge in [0, 0.05) is 13.1 Å². The van der Waals surface area contributed by atoms with Crippen molar-refractivity contribution >= 4 is 33.4 Å². The summed E-state index contributed by atoms with van der Waals surface area (Å²) in [5.41, 5.74) is 0.367. The van der Waals surface area contributed by atoms with Gasteiger partial charge in [-0.2, -0.15) is 4.99 Å². The second kappa shape index (κ2) is 5.97. The number of fused-ring (bicyclic) bond motifs is 1. The number of hydrogen-bond acceptors (Lipinski definition) is 5. The standard InChI is InChI=1S/C15H17N3O5S/c1-17(10-6-7-24(22,23)9-10)13(19)8-18-14(20)11-4-2-3-5-12(11)16-15(18)21/h2-5,10-11H,6-9H2,1H3. The number of allylic oxidation sites excluding steroid dienone is 3. The fourth-order valence-electron chi connectivity index (χ4n) is 2.96. The molecule has 1 aliphatic carbocycles. The Morgan fingerprint density at radius 2 is 2.12 bits per heavy atom. The van der Waals surface area contributed by atoms with Gasteiger partial charge in [-0.1, -0.05) is 18.2 Å². The summed E-state index contributed by atoms with van der Waals surface area (Å²) in [6.07, 6.45) is 6.95. The van der Waals surface area contributed by atoms with Crippen LogP contribution in [0.3, 0.4) is 0 Å². The smallest absolute Gasteiger partial charge is 0.340 e. The number of nitrogens with zero attached hydrogens (tertiary/aromatic N) is 3. The summed E-state index contributed by atoms with van der Waals surface area (Å²) in [7, 11) is -1.63. The van der Waals surface area contributed by atoms with Crippen molar-refractivity contribution in [2.45, 2.75) is 12.5 Å². The minimum absolute atomic E-state index is 0.0454. The molecule has 1 fully saturated rings. The molecule has 0 saturated carbocycles. The largest absolute Gasteiger partial charge is 0.351 e. The van der Waals surface area contributed by atoms with E-state index in [1.165, 1.54) is 11.9 Å². The highest BCUT2D eigenvalue weighted by Gasteiger charge is 2.39. The Bertz CT molecular complexity index is 796. The number of carbonyl (C=O) groups is 3. The van der Waals surface area contributed by atoms with Crippen LogP contribution in [0.5, 0.6) is 0 Å². The molecule has 4 amide bonds. The van der Waals surface area contributed by atoms with Crippen molar-refractivity contribution in [1.29, 1.82) is 0 Å². The molecule has 0 radical (unpaired) electrons. The normalized spacial score (nSPS) is 27.9. The Hall–Kier alpha value is -2.29. The maximum absolute atomic E-state index is 12.4. The van der Waals surface area contributed by atoms with Gasteiger partial charge in [-0.25, -0.2) is 13.2 Å². The second-order valence-electron chi connectivity index (χ2n) is 6.03. The maximum Gasteiger partial charge on any atom is 0.351 e. The van der Waals surface area contributed by atoms with Crippen molar-refractivity contribution in [2.24, 2.45) is 10.9 Å². The second-order valence-corrected chi connectivity index (χ2v) is 8.26. The van der Waals surface area contributed by atoms with Crippen molar-refractivity contribution < 1.29 is 22.8 Å². The molecule has 3 aliphatic rings. The quantitative estimate of drug-likeness (QED) is 0.699. The van der Waals surface area contributed by atoms with Gasteiger partial charge in [0.25, 0.3) is 0 Å². The van der Waals surface area contributed by atoms with E-state index < -0.39 is 46.2 Å². The lowest BCUT2D eigenvalue weighted by molar-refractivity contribution is -0.138. The van der Waals surface area contributed by atoms with E-state index in [1.807, 2.05) is 0 Å². The van der Waals surface area contributed by atoms with Crippen molar-refractivity contribution in [3.05, 3.63) is 24.3 Å². The first-order chi connectivity index (χ1) is 11.3. The number of rotatable bonds is 3. The molecule has 9 heteroatoms. The Balaban J connectivity index is 1.71. The molecule has 2 aliphatic heterocycles. The number of likely N-dealkylation sites (N-methyl/N-ethyl adjacent to an activating group) is 1. The van der Waals surface area contributed by atoms with E-state index in [9.17, 15) is 22.8 Å². The third-order valence-corrected chi connectivity index (χ3v) is 6.18. The minimum Gasteiger partial charge on any atom is -0.340 e.